The lowest BCUT2D eigenvalue weighted by Crippen LogP contribution is -1.76. The Morgan fingerprint density at radius 1 is 1.33 bits per heavy atom. The molecule has 0 saturated heterocycles. The lowest BCUT2D eigenvalue weighted by molar-refractivity contribution is 0.700. The molecular weight excluding hydrogens is 146 g/mol. The summed E-state index contributed by atoms with van der Waals surface area (Å²) in [5, 5.41) is 8.37. The van der Waals surface area contributed by atoms with Gasteiger partial charge >= 0.3 is 0 Å². The zero-order valence-electron chi connectivity index (χ0n) is 9.02. The highest BCUT2D eigenvalue weighted by Crippen LogP contribution is 2.21. The van der Waals surface area contributed by atoms with Gasteiger partial charge < -0.3 is 0 Å². The molecule has 0 amide bonds. The lowest BCUT2D eigenvalue weighted by atomic mass is 10.2. The van der Waals surface area contributed by atoms with Crippen molar-refractivity contribution in [2.45, 2.75) is 47.5 Å². The van der Waals surface area contributed by atoms with Crippen molar-refractivity contribution in [2.75, 3.05) is 0 Å². The molecule has 0 radical (unpaired) electrons. The number of nitrogens with zero attached hydrogens (tertiary/aromatic N) is 1. The van der Waals surface area contributed by atoms with Crippen LogP contribution in [0.4, 0.5) is 0 Å². The maximum absolute atomic E-state index is 8.37. The maximum atomic E-state index is 8.37. The van der Waals surface area contributed by atoms with Crippen molar-refractivity contribution in [3.63, 3.8) is 0 Å². The largest absolute Gasteiger partial charge is 0.193 e. The summed E-state index contributed by atoms with van der Waals surface area (Å²) < 4.78 is 0. The van der Waals surface area contributed by atoms with Crippen LogP contribution < -0.4 is 0 Å². The van der Waals surface area contributed by atoms with Gasteiger partial charge in [0.2, 0.25) is 0 Å². The van der Waals surface area contributed by atoms with Gasteiger partial charge in [0.1, 0.15) is 0 Å². The number of hydrogen-bond donors (Lipinski definition) is 0. The second-order valence-electron chi connectivity index (χ2n) is 2.32. The smallest absolute Gasteiger partial charge is 0.0943 e. The Hall–Kier alpha value is -0.770. The summed E-state index contributed by atoms with van der Waals surface area (Å²) in [5.41, 5.74) is 0.970. The van der Waals surface area contributed by atoms with E-state index in [2.05, 4.69) is 19.1 Å². The van der Waals surface area contributed by atoms with Crippen molar-refractivity contribution in [3.05, 3.63) is 11.6 Å². The van der Waals surface area contributed by atoms with Crippen molar-refractivity contribution in [1.82, 2.24) is 0 Å². The van der Waals surface area contributed by atoms with Gasteiger partial charge in [-0.2, -0.15) is 5.26 Å². The number of allylic oxidation sites excluding steroid dienone is 2. The van der Waals surface area contributed by atoms with Gasteiger partial charge in [-0.3, -0.25) is 0 Å². The molecule has 0 fully saturated rings. The maximum Gasteiger partial charge on any atom is 0.0943 e. The normalized spacial score (nSPS) is 19.0. The standard InChI is InChI=1S/C7H9N.2C2H6/c1-6-2-3-7(4-6)5-8;2*1-2/h4,6H,2-3H2,1H3;2*1-2H3. The summed E-state index contributed by atoms with van der Waals surface area (Å²) >= 11 is 0. The van der Waals surface area contributed by atoms with Crippen LogP contribution in [0.3, 0.4) is 0 Å². The van der Waals surface area contributed by atoms with E-state index in [-0.39, 0.29) is 0 Å². The molecule has 0 heterocycles. The van der Waals surface area contributed by atoms with Crippen LogP contribution in [-0.2, 0) is 0 Å². The van der Waals surface area contributed by atoms with Gasteiger partial charge in [0.25, 0.3) is 0 Å². The first-order chi connectivity index (χ1) is 5.83. The molecule has 0 aromatic heterocycles. The fourth-order valence-corrected chi connectivity index (χ4v) is 0.986. The highest BCUT2D eigenvalue weighted by Gasteiger charge is 2.09. The molecule has 0 aliphatic heterocycles. The predicted molar refractivity (Wildman–Crippen MR) is 54.8 cm³/mol. The quantitative estimate of drug-likeness (QED) is 0.536. The molecule has 1 nitrogen and oxygen atoms in total. The molecule has 1 rings (SSSR count). The summed E-state index contributed by atoms with van der Waals surface area (Å²) in [5.74, 6) is 0.643. The first-order valence-electron chi connectivity index (χ1n) is 4.93. The summed E-state index contributed by atoms with van der Waals surface area (Å²) in [6, 6.07) is 2.16. The van der Waals surface area contributed by atoms with Crippen LogP contribution >= 0.6 is 0 Å². The molecule has 0 N–H and O–H groups in total. The summed E-state index contributed by atoms with van der Waals surface area (Å²) in [4.78, 5) is 0. The van der Waals surface area contributed by atoms with Crippen molar-refractivity contribution >= 4 is 0 Å². The number of hydrogen-bond acceptors (Lipinski definition) is 1. The van der Waals surface area contributed by atoms with Crippen LogP contribution in [-0.4, -0.2) is 0 Å². The van der Waals surface area contributed by atoms with Crippen LogP contribution in [0.1, 0.15) is 47.5 Å². The Morgan fingerprint density at radius 3 is 2.00 bits per heavy atom. The Balaban J connectivity index is 0. The molecule has 0 aromatic rings. The van der Waals surface area contributed by atoms with Crippen LogP contribution in [0.25, 0.3) is 0 Å². The van der Waals surface area contributed by atoms with E-state index in [9.17, 15) is 0 Å². The second kappa shape index (κ2) is 10.2. The Bertz CT molecular complexity index is 151. The molecule has 0 spiro atoms. The molecule has 1 unspecified atom stereocenters. The molecule has 70 valence electrons. The van der Waals surface area contributed by atoms with E-state index < -0.39 is 0 Å². The average molecular weight is 167 g/mol. The topological polar surface area (TPSA) is 23.8 Å². The van der Waals surface area contributed by atoms with E-state index >= 15 is 0 Å². The Morgan fingerprint density at radius 2 is 1.83 bits per heavy atom. The van der Waals surface area contributed by atoms with E-state index in [0.717, 1.165) is 12.0 Å². The van der Waals surface area contributed by atoms with Crippen molar-refractivity contribution in [1.29, 1.82) is 5.26 Å². The third-order valence-corrected chi connectivity index (χ3v) is 1.50. The third-order valence-electron chi connectivity index (χ3n) is 1.50. The van der Waals surface area contributed by atoms with E-state index in [1.807, 2.05) is 27.7 Å². The van der Waals surface area contributed by atoms with E-state index in [4.69, 9.17) is 5.26 Å². The van der Waals surface area contributed by atoms with Gasteiger partial charge in [0.05, 0.1) is 6.07 Å². The number of nitriles is 1. The average Bonchev–Trinajstić information content (AvgIpc) is 2.58. The molecule has 0 aromatic carbocycles. The van der Waals surface area contributed by atoms with Gasteiger partial charge in [-0.15, -0.1) is 0 Å². The molecule has 1 heteroatoms. The molecule has 1 aliphatic carbocycles. The monoisotopic (exact) mass is 167 g/mol. The van der Waals surface area contributed by atoms with Crippen molar-refractivity contribution < 1.29 is 0 Å². The Labute approximate surface area is 77.1 Å². The highest BCUT2D eigenvalue weighted by atomic mass is 14.3. The SMILES string of the molecule is CC.CC.CC1C=C(C#N)CC1. The first kappa shape index (κ1) is 13.8. The van der Waals surface area contributed by atoms with Crippen LogP contribution in [0, 0.1) is 17.2 Å². The van der Waals surface area contributed by atoms with Gasteiger partial charge in [0.15, 0.2) is 0 Å². The van der Waals surface area contributed by atoms with E-state index in [1.165, 1.54) is 6.42 Å². The van der Waals surface area contributed by atoms with Gasteiger partial charge in [-0.05, 0) is 18.8 Å². The summed E-state index contributed by atoms with van der Waals surface area (Å²) in [6.07, 6.45) is 4.22. The zero-order valence-corrected chi connectivity index (χ0v) is 9.02. The highest BCUT2D eigenvalue weighted by molar-refractivity contribution is 5.24. The fourth-order valence-electron chi connectivity index (χ4n) is 0.986. The van der Waals surface area contributed by atoms with Gasteiger partial charge in [-0.25, -0.2) is 0 Å². The minimum Gasteiger partial charge on any atom is -0.193 e. The van der Waals surface area contributed by atoms with Crippen molar-refractivity contribution in [2.24, 2.45) is 5.92 Å². The summed E-state index contributed by atoms with van der Waals surface area (Å²) in [6.45, 7) is 10.1. The minimum atomic E-state index is 0.643. The molecule has 0 bridgehead atoms. The third kappa shape index (κ3) is 5.97. The molecular formula is C11H21N. The van der Waals surface area contributed by atoms with Gasteiger partial charge in [0, 0.05) is 5.57 Å². The van der Waals surface area contributed by atoms with Gasteiger partial charge in [-0.1, -0.05) is 40.7 Å². The lowest BCUT2D eigenvalue weighted by Gasteiger charge is -1.89. The van der Waals surface area contributed by atoms with E-state index in [1.54, 1.807) is 0 Å². The molecule has 1 aliphatic rings. The molecule has 0 saturated carbocycles. The molecule has 12 heavy (non-hydrogen) atoms. The number of rotatable bonds is 0. The molecule has 1 atom stereocenters. The predicted octanol–water partition coefficient (Wildman–Crippen LogP) is 3.92. The second-order valence-corrected chi connectivity index (χ2v) is 2.32. The van der Waals surface area contributed by atoms with Crippen LogP contribution in [0.15, 0.2) is 11.6 Å². The van der Waals surface area contributed by atoms with E-state index in [0.29, 0.717) is 5.92 Å². The minimum absolute atomic E-state index is 0.643. The van der Waals surface area contributed by atoms with Crippen LogP contribution in [0.5, 0.6) is 0 Å². The summed E-state index contributed by atoms with van der Waals surface area (Å²) in [7, 11) is 0. The van der Waals surface area contributed by atoms with Crippen LogP contribution in [0.2, 0.25) is 0 Å². The fraction of sp³-hybridized carbons (Fsp3) is 0.727. The Kier molecular flexibility index (Phi) is 11.8. The zero-order chi connectivity index (χ0) is 9.98. The first-order valence-corrected chi connectivity index (χ1v) is 4.93. The van der Waals surface area contributed by atoms with Crippen molar-refractivity contribution in [3.8, 4) is 6.07 Å².